The third-order valence-corrected chi connectivity index (χ3v) is 4.96. The number of likely N-dealkylation sites (tertiary alicyclic amines) is 1. The van der Waals surface area contributed by atoms with E-state index < -0.39 is 11.7 Å². The predicted octanol–water partition coefficient (Wildman–Crippen LogP) is 4.28. The zero-order chi connectivity index (χ0) is 18.7. The van der Waals surface area contributed by atoms with Crippen molar-refractivity contribution in [1.82, 2.24) is 4.90 Å². The van der Waals surface area contributed by atoms with E-state index in [2.05, 4.69) is 5.32 Å². The number of rotatable bonds is 3. The zero-order valence-electron chi connectivity index (χ0n) is 14.5. The molecule has 1 fully saturated rings. The molecule has 0 aromatic heterocycles. The Morgan fingerprint density at radius 3 is 2.38 bits per heavy atom. The lowest BCUT2D eigenvalue weighted by Gasteiger charge is -2.31. The first-order valence-corrected chi connectivity index (χ1v) is 8.94. The van der Waals surface area contributed by atoms with E-state index in [9.17, 15) is 14.0 Å². The van der Waals surface area contributed by atoms with Crippen LogP contribution in [0, 0.1) is 18.7 Å². The fourth-order valence-corrected chi connectivity index (χ4v) is 3.33. The Bertz CT molecular complexity index is 795. The van der Waals surface area contributed by atoms with Crippen molar-refractivity contribution in [1.29, 1.82) is 0 Å². The number of halogens is 2. The number of anilines is 1. The van der Waals surface area contributed by atoms with Crippen LogP contribution >= 0.6 is 11.6 Å². The van der Waals surface area contributed by atoms with Gasteiger partial charge in [-0.15, -0.1) is 0 Å². The molecule has 0 bridgehead atoms. The van der Waals surface area contributed by atoms with Crippen molar-refractivity contribution in [2.24, 2.45) is 5.92 Å². The highest BCUT2D eigenvalue weighted by Crippen LogP contribution is 2.25. The molecule has 2 aromatic carbocycles. The summed E-state index contributed by atoms with van der Waals surface area (Å²) in [6.45, 7) is 2.78. The molecule has 26 heavy (non-hydrogen) atoms. The Labute approximate surface area is 157 Å². The summed E-state index contributed by atoms with van der Waals surface area (Å²) >= 11 is 5.97. The van der Waals surface area contributed by atoms with Gasteiger partial charge in [-0.05, 0) is 44.0 Å². The van der Waals surface area contributed by atoms with Gasteiger partial charge in [0.25, 0.3) is 5.91 Å². The average molecular weight is 375 g/mol. The molecule has 1 aliphatic heterocycles. The quantitative estimate of drug-likeness (QED) is 0.871. The highest BCUT2D eigenvalue weighted by Gasteiger charge is 2.29. The van der Waals surface area contributed by atoms with Crippen LogP contribution in [-0.2, 0) is 4.79 Å². The fraction of sp³-hybridized carbons (Fsp3) is 0.300. The summed E-state index contributed by atoms with van der Waals surface area (Å²) in [5.41, 5.74) is 1.79. The number of aryl methyl sites for hydroxylation is 1. The largest absolute Gasteiger partial charge is 0.338 e. The summed E-state index contributed by atoms with van der Waals surface area (Å²) in [6, 6.07) is 11.8. The van der Waals surface area contributed by atoms with Crippen LogP contribution in [0.4, 0.5) is 10.1 Å². The minimum absolute atomic E-state index is 0.0510. The van der Waals surface area contributed by atoms with Gasteiger partial charge in [-0.25, -0.2) is 4.39 Å². The zero-order valence-corrected chi connectivity index (χ0v) is 15.2. The predicted molar refractivity (Wildman–Crippen MR) is 99.8 cm³/mol. The van der Waals surface area contributed by atoms with E-state index >= 15 is 0 Å². The van der Waals surface area contributed by atoms with Crippen molar-refractivity contribution in [3.8, 4) is 0 Å². The van der Waals surface area contributed by atoms with Crippen molar-refractivity contribution >= 4 is 29.1 Å². The first-order chi connectivity index (χ1) is 12.5. The Kier molecular flexibility index (Phi) is 5.57. The Morgan fingerprint density at radius 1 is 1.12 bits per heavy atom. The van der Waals surface area contributed by atoms with Crippen LogP contribution in [0.3, 0.4) is 0 Å². The van der Waals surface area contributed by atoms with Crippen LogP contribution in [0.15, 0.2) is 42.5 Å². The van der Waals surface area contributed by atoms with Gasteiger partial charge in [0.2, 0.25) is 5.91 Å². The van der Waals surface area contributed by atoms with Crippen molar-refractivity contribution in [2.75, 3.05) is 18.4 Å². The molecule has 1 saturated heterocycles. The number of carbonyl (C=O) groups is 2. The van der Waals surface area contributed by atoms with Crippen molar-refractivity contribution < 1.29 is 14.0 Å². The molecular formula is C20H20ClFN2O2. The highest BCUT2D eigenvalue weighted by atomic mass is 35.5. The number of hydrogen-bond donors (Lipinski definition) is 1. The number of piperidine rings is 1. The normalized spacial score (nSPS) is 15.0. The van der Waals surface area contributed by atoms with E-state index in [-0.39, 0.29) is 22.4 Å². The molecule has 1 N–H and O–H groups in total. The first kappa shape index (κ1) is 18.4. The van der Waals surface area contributed by atoms with Gasteiger partial charge in [-0.1, -0.05) is 35.4 Å². The van der Waals surface area contributed by atoms with Crippen LogP contribution in [0.25, 0.3) is 0 Å². The fourth-order valence-electron chi connectivity index (χ4n) is 3.09. The summed E-state index contributed by atoms with van der Waals surface area (Å²) in [6.07, 6.45) is 1.07. The van der Waals surface area contributed by atoms with Gasteiger partial charge in [-0.3, -0.25) is 9.59 Å². The lowest BCUT2D eigenvalue weighted by Crippen LogP contribution is -2.41. The van der Waals surface area contributed by atoms with E-state index in [0.29, 0.717) is 25.9 Å². The van der Waals surface area contributed by atoms with Crippen molar-refractivity contribution in [3.63, 3.8) is 0 Å². The molecule has 2 aromatic rings. The Hall–Kier alpha value is -2.40. The van der Waals surface area contributed by atoms with E-state index in [0.717, 1.165) is 11.3 Å². The third-order valence-electron chi connectivity index (χ3n) is 4.65. The average Bonchev–Trinajstić information content (AvgIpc) is 2.63. The smallest absolute Gasteiger partial charge is 0.258 e. The van der Waals surface area contributed by atoms with E-state index in [1.165, 1.54) is 18.2 Å². The molecule has 0 unspecified atom stereocenters. The summed E-state index contributed by atoms with van der Waals surface area (Å²) in [5, 5.41) is 3.02. The molecule has 0 saturated carbocycles. The van der Waals surface area contributed by atoms with Gasteiger partial charge in [-0.2, -0.15) is 0 Å². The van der Waals surface area contributed by atoms with Gasteiger partial charge in [0.15, 0.2) is 0 Å². The van der Waals surface area contributed by atoms with Gasteiger partial charge in [0.05, 0.1) is 10.6 Å². The monoisotopic (exact) mass is 374 g/mol. The number of nitrogens with zero attached hydrogens (tertiary/aromatic N) is 1. The van der Waals surface area contributed by atoms with Crippen molar-refractivity contribution in [3.05, 3.63) is 64.4 Å². The lowest BCUT2D eigenvalue weighted by atomic mass is 9.95. The van der Waals surface area contributed by atoms with Crippen LogP contribution in [-0.4, -0.2) is 29.8 Å². The molecule has 1 heterocycles. The minimum Gasteiger partial charge on any atom is -0.338 e. The Balaban J connectivity index is 1.59. The second-order valence-corrected chi connectivity index (χ2v) is 6.93. The molecule has 2 amide bonds. The molecule has 0 aliphatic carbocycles. The molecule has 0 spiro atoms. The first-order valence-electron chi connectivity index (χ1n) is 8.56. The number of nitrogens with one attached hydrogen (secondary N) is 1. The second kappa shape index (κ2) is 7.87. The molecule has 136 valence electrons. The third kappa shape index (κ3) is 4.05. The van der Waals surface area contributed by atoms with E-state index in [1.54, 1.807) is 4.90 Å². The maximum atomic E-state index is 13.9. The van der Waals surface area contributed by atoms with Gasteiger partial charge >= 0.3 is 0 Å². The van der Waals surface area contributed by atoms with Crippen molar-refractivity contribution in [2.45, 2.75) is 19.8 Å². The lowest BCUT2D eigenvalue weighted by molar-refractivity contribution is -0.121. The molecule has 0 radical (unpaired) electrons. The summed E-state index contributed by atoms with van der Waals surface area (Å²) < 4.78 is 13.9. The van der Waals surface area contributed by atoms with Crippen LogP contribution in [0.2, 0.25) is 5.02 Å². The standard InChI is InChI=1S/C20H20ClFN2O2/c1-13-5-7-15(8-6-13)23-19(25)14-9-11-24(12-10-14)20(26)18-16(21)3-2-4-17(18)22/h2-8,14H,9-12H2,1H3,(H,23,25). The maximum Gasteiger partial charge on any atom is 0.258 e. The van der Waals surface area contributed by atoms with Gasteiger partial charge in [0, 0.05) is 24.7 Å². The molecule has 3 rings (SSSR count). The number of amides is 2. The molecule has 6 heteroatoms. The second-order valence-electron chi connectivity index (χ2n) is 6.52. The summed E-state index contributed by atoms with van der Waals surface area (Å²) in [7, 11) is 0. The summed E-state index contributed by atoms with van der Waals surface area (Å²) in [5.74, 6) is -1.27. The van der Waals surface area contributed by atoms with Gasteiger partial charge in [0.1, 0.15) is 5.82 Å². The number of carbonyl (C=O) groups excluding carboxylic acids is 2. The van der Waals surface area contributed by atoms with Crippen LogP contribution in [0.1, 0.15) is 28.8 Å². The topological polar surface area (TPSA) is 49.4 Å². The van der Waals surface area contributed by atoms with Crippen LogP contribution < -0.4 is 5.32 Å². The maximum absolute atomic E-state index is 13.9. The highest BCUT2D eigenvalue weighted by molar-refractivity contribution is 6.33. The summed E-state index contributed by atoms with van der Waals surface area (Å²) in [4.78, 5) is 26.5. The Morgan fingerprint density at radius 2 is 1.77 bits per heavy atom. The van der Waals surface area contributed by atoms with E-state index in [4.69, 9.17) is 11.6 Å². The molecule has 4 nitrogen and oxygen atoms in total. The van der Waals surface area contributed by atoms with Crippen LogP contribution in [0.5, 0.6) is 0 Å². The molecular weight excluding hydrogens is 355 g/mol. The van der Waals surface area contributed by atoms with E-state index in [1.807, 2.05) is 31.2 Å². The molecule has 0 atom stereocenters. The number of hydrogen-bond acceptors (Lipinski definition) is 2. The number of benzene rings is 2. The minimum atomic E-state index is -0.623. The molecule has 1 aliphatic rings. The SMILES string of the molecule is Cc1ccc(NC(=O)C2CCN(C(=O)c3c(F)cccc3Cl)CC2)cc1. The van der Waals surface area contributed by atoms with Gasteiger partial charge < -0.3 is 10.2 Å².